The van der Waals surface area contributed by atoms with Crippen molar-refractivity contribution >= 4 is 0 Å². The zero-order valence-corrected chi connectivity index (χ0v) is 12.8. The van der Waals surface area contributed by atoms with Gasteiger partial charge in [-0.1, -0.05) is 37.3 Å². The van der Waals surface area contributed by atoms with Crippen molar-refractivity contribution in [3.8, 4) is 16.9 Å². The number of nitrogens with zero attached hydrogens (tertiary/aromatic N) is 1. The monoisotopic (exact) mass is 279 g/mol. The van der Waals surface area contributed by atoms with Crippen LogP contribution in [0.1, 0.15) is 23.6 Å². The van der Waals surface area contributed by atoms with E-state index in [1.54, 1.807) is 6.20 Å². The first kappa shape index (κ1) is 15.0. The summed E-state index contributed by atoms with van der Waals surface area (Å²) in [5.41, 5.74) is 5.61. The van der Waals surface area contributed by atoms with Crippen LogP contribution in [0.5, 0.6) is 5.75 Å². The van der Waals surface area contributed by atoms with Crippen LogP contribution < -0.4 is 0 Å². The number of aryl methyl sites for hydroxylation is 3. The van der Waals surface area contributed by atoms with Crippen molar-refractivity contribution in [3.63, 3.8) is 0 Å². The van der Waals surface area contributed by atoms with Crippen LogP contribution in [0.2, 0.25) is 0 Å². The topological polar surface area (TPSA) is 33.1 Å². The van der Waals surface area contributed by atoms with E-state index in [2.05, 4.69) is 43.1 Å². The van der Waals surface area contributed by atoms with Crippen molar-refractivity contribution in [1.29, 1.82) is 0 Å². The number of rotatable bonds is 2. The van der Waals surface area contributed by atoms with Crippen LogP contribution in [0.15, 0.2) is 54.9 Å². The lowest BCUT2D eigenvalue weighted by molar-refractivity contribution is 0.469. The van der Waals surface area contributed by atoms with Gasteiger partial charge in [0.25, 0.3) is 0 Å². The van der Waals surface area contributed by atoms with Crippen molar-refractivity contribution in [2.75, 3.05) is 0 Å². The zero-order valence-electron chi connectivity index (χ0n) is 12.8. The standard InChI is InChI=1S/C19H21NO/c1-4-16-9-5-6-10-17(16)18-12-15(3)19(21)13-20-11-7-8-14(18)2/h5-13,21H,4H2,1-3H3. The fourth-order valence-corrected chi connectivity index (χ4v) is 2.33. The molecule has 0 aliphatic rings. The molecule has 0 spiro atoms. The van der Waals surface area contributed by atoms with Gasteiger partial charge in [-0.05, 0) is 60.2 Å². The van der Waals surface area contributed by atoms with Crippen molar-refractivity contribution in [3.05, 3.63) is 71.5 Å². The predicted octanol–water partition coefficient (Wildman–Crippen LogP) is 4.76. The maximum Gasteiger partial charge on any atom is 0.136 e. The van der Waals surface area contributed by atoms with Gasteiger partial charge >= 0.3 is 0 Å². The van der Waals surface area contributed by atoms with Gasteiger partial charge in [-0.2, -0.15) is 0 Å². The highest BCUT2D eigenvalue weighted by Gasteiger charge is 2.05. The Labute approximate surface area is 126 Å². The Morgan fingerprint density at radius 2 is 1.71 bits per heavy atom. The molecule has 0 fully saturated rings. The maximum atomic E-state index is 10.0. The minimum absolute atomic E-state index is 0.195. The molecule has 0 unspecified atom stereocenters. The van der Waals surface area contributed by atoms with Gasteiger partial charge in [0, 0.05) is 6.20 Å². The summed E-state index contributed by atoms with van der Waals surface area (Å²) < 4.78 is 0. The lowest BCUT2D eigenvalue weighted by Crippen LogP contribution is -1.89. The third-order valence-corrected chi connectivity index (χ3v) is 3.59. The van der Waals surface area contributed by atoms with Crippen LogP contribution >= 0.6 is 0 Å². The minimum atomic E-state index is 0.195. The Bertz CT molecular complexity index is 691. The first-order valence-corrected chi connectivity index (χ1v) is 7.20. The van der Waals surface area contributed by atoms with Crippen LogP contribution in [-0.2, 0) is 6.42 Å². The molecule has 0 radical (unpaired) electrons. The Morgan fingerprint density at radius 3 is 2.48 bits per heavy atom. The van der Waals surface area contributed by atoms with Gasteiger partial charge in [0.15, 0.2) is 0 Å². The number of aromatic hydroxyl groups is 1. The van der Waals surface area contributed by atoms with E-state index < -0.39 is 0 Å². The van der Waals surface area contributed by atoms with Gasteiger partial charge in [0.1, 0.15) is 5.75 Å². The van der Waals surface area contributed by atoms with Gasteiger partial charge < -0.3 is 5.11 Å². The third kappa shape index (κ3) is 3.60. The van der Waals surface area contributed by atoms with Gasteiger partial charge in [0.2, 0.25) is 0 Å². The first-order chi connectivity index (χ1) is 10.1. The lowest BCUT2D eigenvalue weighted by Gasteiger charge is -2.10. The molecule has 2 rings (SSSR count). The normalized spacial score (nSPS) is 10.0. The molecule has 108 valence electrons. The van der Waals surface area contributed by atoms with Crippen LogP contribution in [0.25, 0.3) is 11.1 Å². The van der Waals surface area contributed by atoms with Gasteiger partial charge in [-0.15, -0.1) is 0 Å². The molecular formula is C19H21NO. The molecule has 2 heteroatoms. The number of hydrogen-bond donors (Lipinski definition) is 1. The van der Waals surface area contributed by atoms with Crippen molar-refractivity contribution in [1.82, 2.24) is 4.98 Å². The summed E-state index contributed by atoms with van der Waals surface area (Å²) in [6, 6.07) is 14.4. The summed E-state index contributed by atoms with van der Waals surface area (Å²) in [5.74, 6) is 0.195. The van der Waals surface area contributed by atoms with Crippen LogP contribution in [0.3, 0.4) is 0 Å². The van der Waals surface area contributed by atoms with Crippen molar-refractivity contribution in [2.24, 2.45) is 0 Å². The maximum absolute atomic E-state index is 10.0. The molecule has 2 aromatic rings. The molecule has 1 heterocycles. The van der Waals surface area contributed by atoms with E-state index in [9.17, 15) is 5.11 Å². The highest BCUT2D eigenvalue weighted by Crippen LogP contribution is 2.28. The lowest BCUT2D eigenvalue weighted by atomic mass is 9.95. The summed E-state index contributed by atoms with van der Waals surface area (Å²) in [4.78, 5) is 4.04. The second kappa shape index (κ2) is 6.89. The first-order valence-electron chi connectivity index (χ1n) is 7.20. The average molecular weight is 279 g/mol. The van der Waals surface area contributed by atoms with E-state index in [1.165, 1.54) is 17.3 Å². The molecule has 2 nitrogen and oxygen atoms in total. The zero-order chi connectivity index (χ0) is 15.2. The summed E-state index contributed by atoms with van der Waals surface area (Å²) in [6.45, 7) is 6.14. The molecule has 0 bridgehead atoms. The quantitative estimate of drug-likeness (QED) is 0.860. The molecule has 0 saturated carbocycles. The van der Waals surface area contributed by atoms with Crippen LogP contribution in [0.4, 0.5) is 0 Å². The smallest absolute Gasteiger partial charge is 0.136 e. The fourth-order valence-electron chi connectivity index (χ4n) is 2.33. The number of hydrogen-bond acceptors (Lipinski definition) is 2. The molecule has 0 aliphatic carbocycles. The van der Waals surface area contributed by atoms with Gasteiger partial charge in [0.05, 0.1) is 6.20 Å². The molecule has 21 heavy (non-hydrogen) atoms. The van der Waals surface area contributed by atoms with Crippen LogP contribution in [-0.4, -0.2) is 10.1 Å². The highest BCUT2D eigenvalue weighted by molar-refractivity contribution is 5.70. The van der Waals surface area contributed by atoms with E-state index in [1.807, 2.05) is 25.1 Å². The molecule has 1 aromatic carbocycles. The Kier molecular flexibility index (Phi) is 4.94. The predicted molar refractivity (Wildman–Crippen MR) is 87.8 cm³/mol. The highest BCUT2D eigenvalue weighted by atomic mass is 16.3. The van der Waals surface area contributed by atoms with Gasteiger partial charge in [-0.25, -0.2) is 0 Å². The van der Waals surface area contributed by atoms with Crippen LogP contribution in [0, 0.1) is 13.8 Å². The Hall–Kier alpha value is -2.35. The molecule has 1 N–H and O–H groups in total. The van der Waals surface area contributed by atoms with E-state index in [4.69, 9.17) is 0 Å². The average Bonchev–Trinajstić information content (AvgIpc) is 2.51. The van der Waals surface area contributed by atoms with E-state index >= 15 is 0 Å². The molecule has 0 saturated heterocycles. The van der Waals surface area contributed by atoms with Crippen molar-refractivity contribution in [2.45, 2.75) is 27.2 Å². The van der Waals surface area contributed by atoms with Crippen molar-refractivity contribution < 1.29 is 5.11 Å². The Balaban J connectivity index is 2.81. The summed E-state index contributed by atoms with van der Waals surface area (Å²) in [6.07, 6.45) is 4.13. The summed E-state index contributed by atoms with van der Waals surface area (Å²) in [7, 11) is 0. The number of aromatic nitrogens is 1. The van der Waals surface area contributed by atoms with E-state index in [0.717, 1.165) is 23.1 Å². The molecule has 1 aromatic heterocycles. The molecular weight excluding hydrogens is 258 g/mol. The number of benzene rings is 1. The fraction of sp³-hybridized carbons (Fsp3) is 0.211. The molecule has 0 amide bonds. The second-order valence-corrected chi connectivity index (χ2v) is 5.11. The molecule has 0 atom stereocenters. The van der Waals surface area contributed by atoms with E-state index in [-0.39, 0.29) is 5.75 Å². The van der Waals surface area contributed by atoms with Gasteiger partial charge in [-0.3, -0.25) is 4.98 Å². The summed E-state index contributed by atoms with van der Waals surface area (Å²) in [5, 5.41) is 10.0. The molecule has 0 aliphatic heterocycles. The van der Waals surface area contributed by atoms with E-state index in [0.29, 0.717) is 0 Å². The third-order valence-electron chi connectivity index (χ3n) is 3.59. The minimum Gasteiger partial charge on any atom is -0.506 e. The largest absolute Gasteiger partial charge is 0.506 e. The summed E-state index contributed by atoms with van der Waals surface area (Å²) >= 11 is 0. The SMILES string of the molecule is CCc1ccccc1-c1cc(C)c(O)cncccc1C. The Morgan fingerprint density at radius 1 is 0.952 bits per heavy atom. The second-order valence-electron chi connectivity index (χ2n) is 5.11.